The van der Waals surface area contributed by atoms with Gasteiger partial charge in [0.1, 0.15) is 12.6 Å². The fourth-order valence-corrected chi connectivity index (χ4v) is 2.54. The van der Waals surface area contributed by atoms with Crippen LogP contribution in [0.2, 0.25) is 0 Å². The molecule has 0 aliphatic carbocycles. The molecule has 0 atom stereocenters. The highest BCUT2D eigenvalue weighted by molar-refractivity contribution is 5.76. The first-order chi connectivity index (χ1) is 13.7. The minimum Gasteiger partial charge on any atom is -0.490 e. The predicted molar refractivity (Wildman–Crippen MR) is 106 cm³/mol. The molecule has 6 nitrogen and oxygen atoms in total. The summed E-state index contributed by atoms with van der Waals surface area (Å²) in [6.07, 6.45) is 3.14. The van der Waals surface area contributed by atoms with Gasteiger partial charge in [-0.05, 0) is 63.1 Å². The van der Waals surface area contributed by atoms with Gasteiger partial charge in [0.25, 0.3) is 0 Å². The highest BCUT2D eigenvalue weighted by Gasteiger charge is 2.08. The van der Waals surface area contributed by atoms with E-state index in [-0.39, 0.29) is 0 Å². The first-order valence-corrected chi connectivity index (χ1v) is 9.41. The number of ether oxygens (including phenoxy) is 4. The molecule has 0 unspecified atom stereocenters. The van der Waals surface area contributed by atoms with Crippen molar-refractivity contribution in [2.24, 2.45) is 0 Å². The molecule has 0 fully saturated rings. The van der Waals surface area contributed by atoms with E-state index in [1.807, 2.05) is 13.8 Å². The summed E-state index contributed by atoms with van der Waals surface area (Å²) >= 11 is 0. The lowest BCUT2D eigenvalue weighted by Crippen LogP contribution is -2.05. The number of benzene rings is 2. The molecule has 150 valence electrons. The average molecular weight is 386 g/mol. The minimum absolute atomic E-state index is 0.498. The van der Waals surface area contributed by atoms with Crippen LogP contribution in [0, 0.1) is 0 Å². The number of aldehydes is 2. The maximum atomic E-state index is 10.9. The standard InChI is InChI=1S/C22H26O6/c1-3-25-21-13-17(15-23)7-9-19(21)27-11-5-6-12-28-20-10-8-18(16-24)14-22(20)26-4-2/h7-10,13-16H,3-6,11-12H2,1-2H3. The number of unbranched alkanes of at least 4 members (excludes halogenated alkanes) is 1. The molecule has 0 amide bonds. The quantitative estimate of drug-likeness (QED) is 0.377. The molecule has 2 rings (SSSR count). The van der Waals surface area contributed by atoms with Crippen molar-refractivity contribution in [1.29, 1.82) is 0 Å². The summed E-state index contributed by atoms with van der Waals surface area (Å²) < 4.78 is 22.6. The topological polar surface area (TPSA) is 71.1 Å². The number of hydrogen-bond acceptors (Lipinski definition) is 6. The van der Waals surface area contributed by atoms with Gasteiger partial charge in [-0.1, -0.05) is 0 Å². The molecule has 0 radical (unpaired) electrons. The number of carbonyl (C=O) groups excluding carboxylic acids is 2. The Hall–Kier alpha value is -3.02. The van der Waals surface area contributed by atoms with E-state index in [9.17, 15) is 9.59 Å². The molecule has 0 saturated carbocycles. The summed E-state index contributed by atoms with van der Waals surface area (Å²) in [4.78, 5) is 21.8. The van der Waals surface area contributed by atoms with Crippen molar-refractivity contribution in [3.8, 4) is 23.0 Å². The van der Waals surface area contributed by atoms with Gasteiger partial charge in [-0.3, -0.25) is 9.59 Å². The average Bonchev–Trinajstić information content (AvgIpc) is 2.72. The van der Waals surface area contributed by atoms with Crippen LogP contribution in [0.1, 0.15) is 47.4 Å². The molecule has 0 heterocycles. The van der Waals surface area contributed by atoms with Crippen LogP contribution < -0.4 is 18.9 Å². The van der Waals surface area contributed by atoms with E-state index >= 15 is 0 Å². The molecule has 6 heteroatoms. The first kappa shape index (κ1) is 21.3. The second kappa shape index (κ2) is 11.6. The third-order valence-corrected chi connectivity index (χ3v) is 3.86. The van der Waals surface area contributed by atoms with E-state index in [0.29, 0.717) is 60.6 Å². The maximum absolute atomic E-state index is 10.9. The smallest absolute Gasteiger partial charge is 0.161 e. The molecule has 0 aromatic heterocycles. The lowest BCUT2D eigenvalue weighted by Gasteiger charge is -2.13. The highest BCUT2D eigenvalue weighted by atomic mass is 16.5. The largest absolute Gasteiger partial charge is 0.490 e. The Labute approximate surface area is 165 Å². The summed E-state index contributed by atoms with van der Waals surface area (Å²) in [6, 6.07) is 10.2. The summed E-state index contributed by atoms with van der Waals surface area (Å²) in [5.41, 5.74) is 1.10. The zero-order valence-corrected chi connectivity index (χ0v) is 16.3. The molecule has 0 N–H and O–H groups in total. The van der Waals surface area contributed by atoms with E-state index in [1.54, 1.807) is 36.4 Å². The normalized spacial score (nSPS) is 10.2. The number of carbonyl (C=O) groups is 2. The van der Waals surface area contributed by atoms with Gasteiger partial charge in [-0.25, -0.2) is 0 Å². The summed E-state index contributed by atoms with van der Waals surface area (Å²) in [5.74, 6) is 2.38. The van der Waals surface area contributed by atoms with Crippen LogP contribution in [0.4, 0.5) is 0 Å². The van der Waals surface area contributed by atoms with Crippen molar-refractivity contribution in [2.45, 2.75) is 26.7 Å². The van der Waals surface area contributed by atoms with Gasteiger partial charge in [-0.15, -0.1) is 0 Å². The predicted octanol–water partition coefficient (Wildman–Crippen LogP) is 4.35. The Morgan fingerprint density at radius 3 is 1.43 bits per heavy atom. The van der Waals surface area contributed by atoms with Crippen molar-refractivity contribution in [2.75, 3.05) is 26.4 Å². The van der Waals surface area contributed by atoms with Crippen molar-refractivity contribution in [3.63, 3.8) is 0 Å². The lowest BCUT2D eigenvalue weighted by molar-refractivity contribution is 0.111. The Kier molecular flexibility index (Phi) is 8.85. The van der Waals surface area contributed by atoms with Crippen LogP contribution in [-0.4, -0.2) is 39.0 Å². The Morgan fingerprint density at radius 2 is 1.07 bits per heavy atom. The number of rotatable bonds is 13. The molecule has 0 saturated heterocycles. The monoisotopic (exact) mass is 386 g/mol. The van der Waals surface area contributed by atoms with Gasteiger partial charge in [0.05, 0.1) is 26.4 Å². The van der Waals surface area contributed by atoms with Crippen LogP contribution in [0.15, 0.2) is 36.4 Å². The van der Waals surface area contributed by atoms with E-state index in [0.717, 1.165) is 25.4 Å². The maximum Gasteiger partial charge on any atom is 0.161 e. The van der Waals surface area contributed by atoms with Crippen molar-refractivity contribution in [1.82, 2.24) is 0 Å². The van der Waals surface area contributed by atoms with Crippen LogP contribution in [-0.2, 0) is 0 Å². The fraction of sp³-hybridized carbons (Fsp3) is 0.364. The molecule has 0 aliphatic rings. The van der Waals surface area contributed by atoms with E-state index in [1.165, 1.54) is 0 Å². The van der Waals surface area contributed by atoms with Gasteiger partial charge >= 0.3 is 0 Å². The third-order valence-electron chi connectivity index (χ3n) is 3.86. The van der Waals surface area contributed by atoms with Crippen LogP contribution in [0.25, 0.3) is 0 Å². The van der Waals surface area contributed by atoms with Crippen molar-refractivity contribution < 1.29 is 28.5 Å². The van der Waals surface area contributed by atoms with Gasteiger partial charge in [0.2, 0.25) is 0 Å². The summed E-state index contributed by atoms with van der Waals surface area (Å²) in [5, 5.41) is 0. The van der Waals surface area contributed by atoms with Crippen molar-refractivity contribution >= 4 is 12.6 Å². The fourth-order valence-electron chi connectivity index (χ4n) is 2.54. The zero-order chi connectivity index (χ0) is 20.2. The zero-order valence-electron chi connectivity index (χ0n) is 16.3. The molecule has 2 aromatic rings. The second-order valence-electron chi connectivity index (χ2n) is 5.92. The molecular formula is C22H26O6. The van der Waals surface area contributed by atoms with Crippen LogP contribution in [0.5, 0.6) is 23.0 Å². The molecule has 0 spiro atoms. The van der Waals surface area contributed by atoms with E-state index in [2.05, 4.69) is 0 Å². The second-order valence-corrected chi connectivity index (χ2v) is 5.92. The van der Waals surface area contributed by atoms with E-state index < -0.39 is 0 Å². The first-order valence-electron chi connectivity index (χ1n) is 9.41. The highest BCUT2D eigenvalue weighted by Crippen LogP contribution is 2.29. The summed E-state index contributed by atoms with van der Waals surface area (Å²) in [6.45, 7) is 5.77. The Morgan fingerprint density at radius 1 is 0.643 bits per heavy atom. The third kappa shape index (κ3) is 6.30. The Balaban J connectivity index is 1.79. The van der Waals surface area contributed by atoms with Crippen LogP contribution >= 0.6 is 0 Å². The Bertz CT molecular complexity index is 706. The van der Waals surface area contributed by atoms with Gasteiger partial charge < -0.3 is 18.9 Å². The SMILES string of the molecule is CCOc1cc(C=O)ccc1OCCCCOc1ccc(C=O)cc1OCC. The van der Waals surface area contributed by atoms with Gasteiger partial charge in [-0.2, -0.15) is 0 Å². The molecule has 2 aromatic carbocycles. The van der Waals surface area contributed by atoms with Gasteiger partial charge in [0, 0.05) is 11.1 Å². The summed E-state index contributed by atoms with van der Waals surface area (Å²) in [7, 11) is 0. The van der Waals surface area contributed by atoms with Gasteiger partial charge in [0.15, 0.2) is 23.0 Å². The van der Waals surface area contributed by atoms with Crippen LogP contribution in [0.3, 0.4) is 0 Å². The number of hydrogen-bond donors (Lipinski definition) is 0. The molecule has 0 bridgehead atoms. The lowest BCUT2D eigenvalue weighted by atomic mass is 10.2. The minimum atomic E-state index is 0.498. The molecular weight excluding hydrogens is 360 g/mol. The molecule has 0 aliphatic heterocycles. The molecule has 28 heavy (non-hydrogen) atoms. The van der Waals surface area contributed by atoms with E-state index in [4.69, 9.17) is 18.9 Å². The van der Waals surface area contributed by atoms with Crippen molar-refractivity contribution in [3.05, 3.63) is 47.5 Å².